The second-order valence-electron chi connectivity index (χ2n) is 13.8. The summed E-state index contributed by atoms with van der Waals surface area (Å²) in [7, 11) is -3.58. The molecule has 0 aliphatic heterocycles. The molecule has 3 atom stereocenters. The van der Waals surface area contributed by atoms with Crippen LogP contribution in [0.5, 0.6) is 0 Å². The molecule has 0 heterocycles. The summed E-state index contributed by atoms with van der Waals surface area (Å²) in [6.07, 6.45) is 2.49. The van der Waals surface area contributed by atoms with Crippen LogP contribution >= 0.6 is 7.60 Å². The van der Waals surface area contributed by atoms with E-state index in [-0.39, 0.29) is 142 Å². The highest BCUT2D eigenvalue weighted by molar-refractivity contribution is 7.53. The minimum atomic E-state index is -3.58. The van der Waals surface area contributed by atoms with Crippen molar-refractivity contribution in [1.29, 1.82) is 0 Å². The summed E-state index contributed by atoms with van der Waals surface area (Å²) in [4.78, 5) is 100. The van der Waals surface area contributed by atoms with E-state index in [1.807, 2.05) is 0 Å². The van der Waals surface area contributed by atoms with Crippen molar-refractivity contribution >= 4 is 43.0 Å². The molecule has 6 amide bonds. The Morgan fingerprint density at radius 3 is 1.39 bits per heavy atom. The van der Waals surface area contributed by atoms with Gasteiger partial charge >= 0.3 is 7.60 Å². The lowest BCUT2D eigenvalue weighted by Gasteiger charge is -2.21. The summed E-state index contributed by atoms with van der Waals surface area (Å²) in [5.41, 5.74) is -0.463. The Morgan fingerprint density at radius 2 is 0.902 bits per heavy atom. The minimum Gasteiger partial charge on any atom is -0.377 e. The Kier molecular flexibility index (Phi) is 36.2. The number of ether oxygens (including phenoxy) is 3. The lowest BCUT2D eigenvalue weighted by atomic mass is 10.1. The van der Waals surface area contributed by atoms with Crippen LogP contribution in [-0.2, 0) is 66.6 Å². The fourth-order valence-corrected chi connectivity index (χ4v) is 5.68. The molecule has 0 aliphatic carbocycles. The molecule has 13 N–H and O–H groups in total. The topological polar surface area (TPSA) is 355 Å². The number of hydrogen-bond donors (Lipinski definition) is 10. The molecular weight excluding hydrogens is 829 g/mol. The van der Waals surface area contributed by atoms with E-state index in [0.717, 1.165) is 12.8 Å². The molecule has 61 heavy (non-hydrogen) atoms. The molecule has 0 aromatic heterocycles. The third-order valence-corrected chi connectivity index (χ3v) is 10.3. The number of carbonyl (C=O) groups excluding carboxylic acids is 6. The smallest absolute Gasteiger partial charge is 0.330 e. The van der Waals surface area contributed by atoms with Crippen LogP contribution in [-0.4, -0.2) is 150 Å². The maximum atomic E-state index is 13.2. The van der Waals surface area contributed by atoms with E-state index in [1.165, 1.54) is 0 Å². The van der Waals surface area contributed by atoms with E-state index in [0.29, 0.717) is 19.4 Å². The zero-order valence-electron chi connectivity index (χ0n) is 35.8. The van der Waals surface area contributed by atoms with E-state index in [9.17, 15) is 38.2 Å². The number of nitrogens with two attached hydrogens (primary N) is 3. The first kappa shape index (κ1) is 57.6. The number of rotatable bonds is 41. The average molecular weight is 902 g/mol. The van der Waals surface area contributed by atoms with Gasteiger partial charge in [-0.2, -0.15) is 0 Å². The largest absolute Gasteiger partial charge is 0.377 e. The monoisotopic (exact) mass is 901 g/mol. The molecule has 0 spiro atoms. The zero-order chi connectivity index (χ0) is 45.6. The highest BCUT2D eigenvalue weighted by Gasteiger charge is 2.26. The lowest BCUT2D eigenvalue weighted by molar-refractivity contribution is -0.131. The first-order chi connectivity index (χ1) is 29.3. The Morgan fingerprint density at radius 1 is 0.492 bits per heavy atom. The summed E-state index contributed by atoms with van der Waals surface area (Å²) in [5.74, 6) is 12.0. The van der Waals surface area contributed by atoms with Gasteiger partial charge in [0.2, 0.25) is 35.4 Å². The maximum Gasteiger partial charge on any atom is 0.330 e. The molecule has 0 saturated carbocycles. The molecular formula is C36H72N9O15P. The van der Waals surface area contributed by atoms with Crippen molar-refractivity contribution in [2.45, 2.75) is 102 Å². The first-order valence-corrected chi connectivity index (χ1v) is 22.2. The van der Waals surface area contributed by atoms with Crippen molar-refractivity contribution < 1.29 is 71.5 Å². The van der Waals surface area contributed by atoms with Crippen LogP contribution < -0.4 is 49.6 Å². The second-order valence-corrected chi connectivity index (χ2v) is 16.2. The van der Waals surface area contributed by atoms with Crippen LogP contribution in [0.15, 0.2) is 0 Å². The minimum absolute atomic E-state index is 0.0546. The summed E-state index contributed by atoms with van der Waals surface area (Å²) in [5, 5.41) is 16.0. The van der Waals surface area contributed by atoms with E-state index in [1.54, 1.807) is 13.8 Å². The Hall–Kier alpha value is -3.39. The number of amides is 6. The molecule has 0 saturated heterocycles. The van der Waals surface area contributed by atoms with Crippen molar-refractivity contribution in [3.05, 3.63) is 0 Å². The van der Waals surface area contributed by atoms with Crippen LogP contribution in [0.25, 0.3) is 0 Å². The third kappa shape index (κ3) is 33.9. The number of unbranched alkanes of at least 4 members (excludes halogenated alkanes) is 3. The standard InChI is InChI=1S/C36H72N9O15P/c1-28(2)61(52,53)60-18-6-4-3-5-14-40-31(46)8-7-9-33(48)44-30(36(51)43-17-21-56-24-27-59-39)11-13-34(49)45-29(35(50)42-16-20-55-23-26-58-38)10-12-32(47)41-15-19-54-22-25-57-37/h28-30H,3-27,37-39H2,1-2H3,(H,40,46)(H,41,47)(H,42,50)(H,43,51)(H,44,48)(H,45,49)(H,52,53). The quantitative estimate of drug-likeness (QED) is 0.0181. The molecule has 0 bridgehead atoms. The zero-order valence-corrected chi connectivity index (χ0v) is 36.6. The van der Waals surface area contributed by atoms with Crippen LogP contribution in [0.4, 0.5) is 0 Å². The van der Waals surface area contributed by atoms with Gasteiger partial charge in [-0.3, -0.25) is 33.3 Å². The summed E-state index contributed by atoms with van der Waals surface area (Å²) in [6, 6.07) is -2.27. The van der Waals surface area contributed by atoms with Gasteiger partial charge in [-0.1, -0.05) is 26.7 Å². The van der Waals surface area contributed by atoms with Crippen molar-refractivity contribution in [3.63, 3.8) is 0 Å². The first-order valence-electron chi connectivity index (χ1n) is 20.6. The van der Waals surface area contributed by atoms with E-state index < -0.39 is 49.0 Å². The van der Waals surface area contributed by atoms with Gasteiger partial charge in [0, 0.05) is 51.9 Å². The summed E-state index contributed by atoms with van der Waals surface area (Å²) in [6.45, 7) is 5.84. The molecule has 0 fully saturated rings. The van der Waals surface area contributed by atoms with Crippen molar-refractivity contribution in [1.82, 2.24) is 31.9 Å². The van der Waals surface area contributed by atoms with Crippen molar-refractivity contribution in [2.75, 3.05) is 92.2 Å². The maximum absolute atomic E-state index is 13.2. The Balaban J connectivity index is 5.16. The molecule has 356 valence electrons. The fraction of sp³-hybridized carbons (Fsp3) is 0.833. The van der Waals surface area contributed by atoms with Crippen molar-refractivity contribution in [2.24, 2.45) is 17.7 Å². The van der Waals surface area contributed by atoms with Crippen LogP contribution in [0.3, 0.4) is 0 Å². The molecule has 0 aromatic carbocycles. The lowest BCUT2D eigenvalue weighted by Crippen LogP contribution is -2.50. The predicted molar refractivity (Wildman–Crippen MR) is 220 cm³/mol. The third-order valence-electron chi connectivity index (χ3n) is 8.45. The number of nitrogens with one attached hydrogen (secondary N) is 6. The van der Waals surface area contributed by atoms with E-state index in [2.05, 4.69) is 46.4 Å². The van der Waals surface area contributed by atoms with E-state index >= 15 is 0 Å². The highest BCUT2D eigenvalue weighted by Crippen LogP contribution is 2.47. The highest BCUT2D eigenvalue weighted by atomic mass is 31.2. The normalized spacial score (nSPS) is 13.2. The summed E-state index contributed by atoms with van der Waals surface area (Å²) >= 11 is 0. The SMILES string of the molecule is CC(C)P(=O)(O)OCCCCCCNC(=O)CCCC(=O)NC(CCC(=O)NC(CCC(=O)NCCOCCON)C(=O)NCCOCCON)C(=O)NCCOCCON. The van der Waals surface area contributed by atoms with Gasteiger partial charge in [-0.15, -0.1) is 0 Å². The van der Waals surface area contributed by atoms with Crippen LogP contribution in [0, 0.1) is 0 Å². The van der Waals surface area contributed by atoms with Crippen LogP contribution in [0.2, 0.25) is 0 Å². The molecule has 25 heteroatoms. The van der Waals surface area contributed by atoms with Gasteiger partial charge in [-0.25, -0.2) is 17.7 Å². The molecule has 0 aliphatic rings. The van der Waals surface area contributed by atoms with Gasteiger partial charge in [0.25, 0.3) is 0 Å². The van der Waals surface area contributed by atoms with Gasteiger partial charge in [0.05, 0.1) is 71.7 Å². The number of carbonyl (C=O) groups is 6. The summed E-state index contributed by atoms with van der Waals surface area (Å²) < 4.78 is 32.8. The van der Waals surface area contributed by atoms with Gasteiger partial charge in [0.1, 0.15) is 12.1 Å². The second kappa shape index (κ2) is 38.3. The number of hydrogen-bond acceptors (Lipinski definition) is 17. The molecule has 24 nitrogen and oxygen atoms in total. The van der Waals surface area contributed by atoms with E-state index in [4.69, 9.17) is 36.4 Å². The Bertz CT molecular complexity index is 1270. The Labute approximate surface area is 358 Å². The average Bonchev–Trinajstić information content (AvgIpc) is 3.22. The molecule has 0 radical (unpaired) electrons. The van der Waals surface area contributed by atoms with Crippen molar-refractivity contribution in [3.8, 4) is 0 Å². The fourth-order valence-electron chi connectivity index (χ4n) is 4.99. The predicted octanol–water partition coefficient (Wildman–Crippen LogP) is -1.96. The molecule has 0 rings (SSSR count). The van der Waals surface area contributed by atoms with Crippen LogP contribution in [0.1, 0.15) is 84.5 Å². The van der Waals surface area contributed by atoms with Gasteiger partial charge < -0.3 is 70.0 Å². The van der Waals surface area contributed by atoms with Gasteiger partial charge in [0.15, 0.2) is 0 Å². The van der Waals surface area contributed by atoms with Gasteiger partial charge in [-0.05, 0) is 32.1 Å². The molecule has 0 aromatic rings. The molecule has 3 unspecified atom stereocenters.